The minimum Gasteiger partial charge on any atom is -0.468 e. The number of hydrogen-bond donors (Lipinski definition) is 0. The second kappa shape index (κ2) is 19.1. The van der Waals surface area contributed by atoms with E-state index in [9.17, 15) is 19.2 Å². The molecule has 4 aliphatic heterocycles. The molecule has 5 aliphatic rings. The molecule has 4 aromatic rings. The molecule has 4 saturated heterocycles. The number of fused-ring (bicyclic) bond motifs is 4. The summed E-state index contributed by atoms with van der Waals surface area (Å²) in [5.41, 5.74) is -5.62. The number of methoxy groups -OCH3 is 4. The first-order chi connectivity index (χ1) is 33.8. The standard InChI is InChI=1S/C52H60N8O10/c1-57-29-49(45(63)67-3)39(35-15-7-11-23-53-35)59(40(36-16-8-12-24-54-36)50(30-57,43(49)61)46(64)68-4)27-33-19-21-34(22-20-33)28-60-41(37-17-9-13-25-55-37)51(47(65)69-5)31-58(2)32-52(44(51)62,48(66)70-6)42(60)38-18-10-14-26-56-38/h7-18,23-26,33-34,39-42H,19-22,27-32H2,1-6H3. The molecule has 1 aliphatic carbocycles. The Kier molecular flexibility index (Phi) is 13.3. The van der Waals surface area contributed by atoms with Crippen LogP contribution >= 0.6 is 0 Å². The van der Waals surface area contributed by atoms with E-state index >= 15 is 9.59 Å². The Hall–Kier alpha value is -6.34. The molecular weight excluding hydrogens is 897 g/mol. The van der Waals surface area contributed by atoms with Gasteiger partial charge < -0.3 is 28.7 Å². The number of esters is 4. The van der Waals surface area contributed by atoms with Crippen LogP contribution in [0.2, 0.25) is 0 Å². The third-order valence-electron chi connectivity index (χ3n) is 15.9. The quantitative estimate of drug-likeness (QED) is 0.113. The molecule has 4 bridgehead atoms. The third-order valence-corrected chi connectivity index (χ3v) is 15.9. The first kappa shape index (κ1) is 48.7. The van der Waals surface area contributed by atoms with Crippen molar-refractivity contribution in [2.24, 2.45) is 33.5 Å². The Balaban J connectivity index is 1.13. The van der Waals surface area contributed by atoms with Crippen LogP contribution in [0.5, 0.6) is 0 Å². The number of carbonyl (C=O) groups excluding carboxylic acids is 6. The molecule has 70 heavy (non-hydrogen) atoms. The molecule has 18 nitrogen and oxygen atoms in total. The monoisotopic (exact) mass is 956 g/mol. The van der Waals surface area contributed by atoms with Gasteiger partial charge in [0.15, 0.2) is 33.2 Å². The normalized spacial score (nSPS) is 32.7. The second-order valence-corrected chi connectivity index (χ2v) is 19.8. The van der Waals surface area contributed by atoms with Crippen LogP contribution in [0, 0.1) is 33.5 Å². The number of Topliss-reactive ketones (excluding diaryl/α,β-unsaturated/α-hetero) is 2. The molecule has 8 heterocycles. The van der Waals surface area contributed by atoms with Gasteiger partial charge in [-0.15, -0.1) is 0 Å². The van der Waals surface area contributed by atoms with Gasteiger partial charge >= 0.3 is 23.9 Å². The highest BCUT2D eigenvalue weighted by molar-refractivity contribution is 6.18. The summed E-state index contributed by atoms with van der Waals surface area (Å²) in [5.74, 6) is -4.29. The Labute approximate surface area is 407 Å². The van der Waals surface area contributed by atoms with Gasteiger partial charge in [-0.3, -0.25) is 58.5 Å². The van der Waals surface area contributed by atoms with Gasteiger partial charge in [0.2, 0.25) is 0 Å². The van der Waals surface area contributed by atoms with Crippen molar-refractivity contribution in [3.63, 3.8) is 0 Å². The molecule has 9 rings (SSSR count). The largest absolute Gasteiger partial charge is 0.468 e. The summed E-state index contributed by atoms with van der Waals surface area (Å²) in [7, 11) is 8.58. The highest BCUT2D eigenvalue weighted by Crippen LogP contribution is 2.63. The summed E-state index contributed by atoms with van der Waals surface area (Å²) in [6.07, 6.45) is 9.23. The van der Waals surface area contributed by atoms with Crippen molar-refractivity contribution in [1.29, 1.82) is 0 Å². The maximum Gasteiger partial charge on any atom is 0.322 e. The fourth-order valence-electron chi connectivity index (χ4n) is 13.4. The molecule has 18 heteroatoms. The van der Waals surface area contributed by atoms with E-state index in [4.69, 9.17) is 38.9 Å². The van der Waals surface area contributed by atoms with Crippen molar-refractivity contribution >= 4 is 35.4 Å². The lowest BCUT2D eigenvalue weighted by Crippen LogP contribution is -2.76. The summed E-state index contributed by atoms with van der Waals surface area (Å²) < 4.78 is 22.1. The molecule has 0 spiro atoms. The first-order valence-corrected chi connectivity index (χ1v) is 23.8. The summed E-state index contributed by atoms with van der Waals surface area (Å²) in [6, 6.07) is 17.7. The maximum absolute atomic E-state index is 15.6. The zero-order chi connectivity index (χ0) is 49.6. The first-order valence-electron chi connectivity index (χ1n) is 23.8. The smallest absolute Gasteiger partial charge is 0.322 e. The lowest BCUT2D eigenvalue weighted by atomic mass is 9.54. The highest BCUT2D eigenvalue weighted by atomic mass is 16.5. The van der Waals surface area contributed by atoms with Gasteiger partial charge in [0, 0.05) is 64.1 Å². The molecule has 0 N–H and O–H groups in total. The lowest BCUT2D eigenvalue weighted by molar-refractivity contribution is -0.208. The number of carbonyl (C=O) groups is 6. The fourth-order valence-corrected chi connectivity index (χ4v) is 13.4. The Morgan fingerprint density at radius 2 is 0.700 bits per heavy atom. The van der Waals surface area contributed by atoms with Crippen LogP contribution in [-0.4, -0.2) is 157 Å². The van der Waals surface area contributed by atoms with Gasteiger partial charge in [-0.25, -0.2) is 0 Å². The average molecular weight is 957 g/mol. The van der Waals surface area contributed by atoms with Crippen molar-refractivity contribution in [2.45, 2.75) is 49.9 Å². The predicted molar refractivity (Wildman–Crippen MR) is 250 cm³/mol. The zero-order valence-corrected chi connectivity index (χ0v) is 40.4. The van der Waals surface area contributed by atoms with E-state index in [0.29, 0.717) is 61.5 Å². The van der Waals surface area contributed by atoms with Crippen molar-refractivity contribution in [2.75, 3.05) is 81.8 Å². The molecule has 1 saturated carbocycles. The number of ketones is 2. The number of aromatic nitrogens is 4. The summed E-state index contributed by atoms with van der Waals surface area (Å²) >= 11 is 0. The molecule has 368 valence electrons. The van der Waals surface area contributed by atoms with E-state index in [1.165, 1.54) is 28.4 Å². The number of nitrogens with zero attached hydrogens (tertiary/aromatic N) is 8. The van der Waals surface area contributed by atoms with Crippen molar-refractivity contribution in [3.8, 4) is 0 Å². The van der Waals surface area contributed by atoms with Crippen LogP contribution in [0.4, 0.5) is 0 Å². The molecule has 4 aromatic heterocycles. The number of likely N-dealkylation sites (tertiary alicyclic amines) is 4. The van der Waals surface area contributed by atoms with Crippen molar-refractivity contribution < 1.29 is 47.7 Å². The molecule has 0 radical (unpaired) electrons. The Bertz CT molecular complexity index is 2270. The van der Waals surface area contributed by atoms with Gasteiger partial charge in [0.05, 0.1) is 75.4 Å². The van der Waals surface area contributed by atoms with E-state index in [2.05, 4.69) is 9.80 Å². The fraction of sp³-hybridized carbons (Fsp3) is 0.500. The molecule has 0 aromatic carbocycles. The van der Waals surface area contributed by atoms with Crippen LogP contribution in [-0.2, 0) is 47.7 Å². The Morgan fingerprint density at radius 1 is 0.457 bits per heavy atom. The average Bonchev–Trinajstić information content (AvgIpc) is 3.38. The molecular formula is C52H60N8O10. The molecule has 8 unspecified atom stereocenters. The number of rotatable bonds is 12. The SMILES string of the molecule is COC(=O)C12CN(C)CC(C(=O)OC)(C1=O)C(c1ccccn1)N(CC1CCC(CN3C(c4ccccn4)C4(C(=O)OC)CN(C)CC(C(=O)OC)(C4=O)C3c3ccccn3)CC1)C2c1ccccn1. The predicted octanol–water partition coefficient (Wildman–Crippen LogP) is 3.64. The Morgan fingerprint density at radius 3 is 0.900 bits per heavy atom. The number of ether oxygens (including phenoxy) is 4. The van der Waals surface area contributed by atoms with Crippen molar-refractivity contribution in [3.05, 3.63) is 120 Å². The van der Waals surface area contributed by atoms with Gasteiger partial charge in [0.1, 0.15) is 0 Å². The number of pyridine rings is 4. The number of hydrogen-bond acceptors (Lipinski definition) is 18. The van der Waals surface area contributed by atoms with E-state index < -0.39 is 81.3 Å². The maximum atomic E-state index is 15.6. The van der Waals surface area contributed by atoms with Gasteiger partial charge in [-0.2, -0.15) is 0 Å². The van der Waals surface area contributed by atoms with Crippen LogP contribution in [0.1, 0.15) is 72.6 Å². The van der Waals surface area contributed by atoms with Crippen LogP contribution in [0.25, 0.3) is 0 Å². The molecule has 8 atom stereocenters. The van der Waals surface area contributed by atoms with Crippen LogP contribution < -0.4 is 0 Å². The summed E-state index contributed by atoms with van der Waals surface area (Å²) in [6.45, 7) is 0.579. The van der Waals surface area contributed by atoms with Gasteiger partial charge in [-0.05, 0) is 100 Å². The van der Waals surface area contributed by atoms with Gasteiger partial charge in [0.25, 0.3) is 0 Å². The lowest BCUT2D eigenvalue weighted by Gasteiger charge is -2.61. The minimum atomic E-state index is -1.88. The minimum absolute atomic E-state index is 0.0262. The van der Waals surface area contributed by atoms with Crippen LogP contribution in [0.3, 0.4) is 0 Å². The van der Waals surface area contributed by atoms with Gasteiger partial charge in [-0.1, -0.05) is 24.3 Å². The molecule has 0 amide bonds. The second-order valence-electron chi connectivity index (χ2n) is 19.8. The number of piperidine rings is 4. The summed E-state index contributed by atoms with van der Waals surface area (Å²) in [5, 5.41) is 0. The summed E-state index contributed by atoms with van der Waals surface area (Å²) in [4.78, 5) is 116. The zero-order valence-electron chi connectivity index (χ0n) is 40.4. The third kappa shape index (κ3) is 7.35. The van der Waals surface area contributed by atoms with Crippen molar-refractivity contribution in [1.82, 2.24) is 39.5 Å². The van der Waals surface area contributed by atoms with Crippen LogP contribution in [0.15, 0.2) is 97.6 Å². The van der Waals surface area contributed by atoms with E-state index in [-0.39, 0.29) is 38.0 Å². The van der Waals surface area contributed by atoms with E-state index in [0.717, 1.165) is 0 Å². The molecule has 5 fully saturated rings. The van der Waals surface area contributed by atoms with E-state index in [1.807, 2.05) is 34.1 Å². The topological polar surface area (TPSA) is 204 Å². The highest BCUT2D eigenvalue weighted by Gasteiger charge is 2.77. The van der Waals surface area contributed by atoms with E-state index in [1.54, 1.807) is 87.4 Å².